The molecule has 4 amide bonds. The molecule has 0 bridgehead atoms. The summed E-state index contributed by atoms with van der Waals surface area (Å²) in [4.78, 5) is 43.3. The molecule has 0 aromatic carbocycles. The van der Waals surface area contributed by atoms with Gasteiger partial charge in [0.25, 0.3) is 11.8 Å². The van der Waals surface area contributed by atoms with E-state index in [1.165, 1.54) is 22.7 Å². The molecule has 0 radical (unpaired) electrons. The van der Waals surface area contributed by atoms with Gasteiger partial charge in [-0.05, 0) is 33.7 Å². The van der Waals surface area contributed by atoms with Gasteiger partial charge in [-0.25, -0.2) is 9.59 Å². The summed E-state index contributed by atoms with van der Waals surface area (Å²) in [7, 11) is 0. The van der Waals surface area contributed by atoms with Crippen LogP contribution in [-0.2, 0) is 19.1 Å². The number of ether oxygens (including phenoxy) is 2. The van der Waals surface area contributed by atoms with Crippen LogP contribution in [0.25, 0.3) is 0 Å². The average molecular weight is 390 g/mol. The van der Waals surface area contributed by atoms with Crippen molar-refractivity contribution in [1.29, 1.82) is 0 Å². The van der Waals surface area contributed by atoms with Gasteiger partial charge in [-0.1, -0.05) is 0 Å². The molecule has 0 saturated carbocycles. The SMILES string of the molecule is O=C1NC(=O)C(c2ccsc2)O1.O=C1NC(=O)C(c2ccsc2)O1.[H-].[Na+]. The third-order valence-corrected chi connectivity index (χ3v) is 4.47. The van der Waals surface area contributed by atoms with Crippen molar-refractivity contribution in [1.82, 2.24) is 10.6 Å². The standard InChI is InChI=1S/2C7H5NO3S.Na.H/c2*9-6-5(11-7(10)8-6)4-1-2-12-3-4;;/h2*1-3,5H,(H,8,9,10);;/q;;+1;-1. The Hall–Kier alpha value is -1.72. The van der Waals surface area contributed by atoms with E-state index in [1.54, 1.807) is 22.9 Å². The van der Waals surface area contributed by atoms with Crippen LogP contribution in [0.15, 0.2) is 33.7 Å². The molecule has 4 heterocycles. The summed E-state index contributed by atoms with van der Waals surface area (Å²) in [6.07, 6.45) is -2.83. The third-order valence-electron chi connectivity index (χ3n) is 3.07. The van der Waals surface area contributed by atoms with Gasteiger partial charge in [0.2, 0.25) is 12.2 Å². The smallest absolute Gasteiger partial charge is 1.00 e. The molecule has 126 valence electrons. The molecule has 4 rings (SSSR count). The Morgan fingerprint density at radius 3 is 1.44 bits per heavy atom. The van der Waals surface area contributed by atoms with Gasteiger partial charge in [-0.15, -0.1) is 0 Å². The van der Waals surface area contributed by atoms with Gasteiger partial charge < -0.3 is 10.9 Å². The van der Waals surface area contributed by atoms with Crippen LogP contribution in [0.2, 0.25) is 0 Å². The van der Waals surface area contributed by atoms with E-state index in [4.69, 9.17) is 9.47 Å². The van der Waals surface area contributed by atoms with Crippen LogP contribution >= 0.6 is 22.7 Å². The third kappa shape index (κ3) is 4.67. The number of hydrogen-bond acceptors (Lipinski definition) is 8. The molecule has 2 aliphatic heterocycles. The topological polar surface area (TPSA) is 111 Å². The Kier molecular flexibility index (Phi) is 6.73. The first-order valence-electron chi connectivity index (χ1n) is 6.62. The van der Waals surface area contributed by atoms with Crippen molar-refractivity contribution in [2.75, 3.05) is 0 Å². The molecule has 11 heteroatoms. The van der Waals surface area contributed by atoms with Gasteiger partial charge in [0, 0.05) is 11.1 Å². The number of alkyl carbamates (subject to hydrolysis) is 2. The normalized spacial score (nSPS) is 21.3. The second kappa shape index (κ2) is 8.59. The molecule has 8 nitrogen and oxygen atoms in total. The van der Waals surface area contributed by atoms with Crippen molar-refractivity contribution in [2.45, 2.75) is 12.2 Å². The molecule has 2 aliphatic rings. The van der Waals surface area contributed by atoms with Gasteiger partial charge in [0.05, 0.1) is 0 Å². The van der Waals surface area contributed by atoms with Crippen molar-refractivity contribution in [3.63, 3.8) is 0 Å². The molecule has 2 aromatic rings. The van der Waals surface area contributed by atoms with Crippen LogP contribution in [0, 0.1) is 0 Å². The van der Waals surface area contributed by atoms with Crippen LogP contribution in [0.5, 0.6) is 0 Å². The summed E-state index contributed by atoms with van der Waals surface area (Å²) in [6.45, 7) is 0. The number of cyclic esters (lactones) is 2. The summed E-state index contributed by atoms with van der Waals surface area (Å²) in [6, 6.07) is 3.51. The van der Waals surface area contributed by atoms with Crippen LogP contribution in [0.4, 0.5) is 9.59 Å². The molecule has 0 aliphatic carbocycles. The first kappa shape index (κ1) is 19.6. The van der Waals surface area contributed by atoms with E-state index < -0.39 is 36.2 Å². The zero-order valence-electron chi connectivity index (χ0n) is 13.9. The minimum atomic E-state index is -0.747. The second-order valence-corrected chi connectivity index (χ2v) is 6.22. The molecule has 2 unspecified atom stereocenters. The zero-order valence-corrected chi connectivity index (χ0v) is 16.5. The summed E-state index contributed by atoms with van der Waals surface area (Å²) in [5, 5.41) is 11.3. The van der Waals surface area contributed by atoms with Gasteiger partial charge in [-0.3, -0.25) is 20.2 Å². The number of rotatable bonds is 2. The maximum atomic E-state index is 11.0. The Morgan fingerprint density at radius 1 is 0.800 bits per heavy atom. The van der Waals surface area contributed by atoms with Crippen LogP contribution in [0.1, 0.15) is 24.8 Å². The van der Waals surface area contributed by atoms with Crippen molar-refractivity contribution in [3.8, 4) is 0 Å². The van der Waals surface area contributed by atoms with E-state index in [0.717, 1.165) is 11.1 Å². The van der Waals surface area contributed by atoms with E-state index in [2.05, 4.69) is 10.6 Å². The van der Waals surface area contributed by atoms with E-state index >= 15 is 0 Å². The van der Waals surface area contributed by atoms with E-state index in [0.29, 0.717) is 0 Å². The van der Waals surface area contributed by atoms with Crippen molar-refractivity contribution >= 4 is 46.7 Å². The molecule has 2 saturated heterocycles. The van der Waals surface area contributed by atoms with Crippen molar-refractivity contribution in [3.05, 3.63) is 44.8 Å². The minimum Gasteiger partial charge on any atom is -1.00 e. The molecule has 2 aromatic heterocycles. The van der Waals surface area contributed by atoms with Crippen molar-refractivity contribution < 1.29 is 59.6 Å². The maximum Gasteiger partial charge on any atom is 1.00 e. The van der Waals surface area contributed by atoms with Crippen LogP contribution in [0.3, 0.4) is 0 Å². The van der Waals surface area contributed by atoms with Gasteiger partial charge >= 0.3 is 41.7 Å². The summed E-state index contributed by atoms with van der Waals surface area (Å²) < 4.78 is 9.45. The fraction of sp³-hybridized carbons (Fsp3) is 0.143. The largest absolute Gasteiger partial charge is 1.00 e. The molecule has 2 N–H and O–H groups in total. The predicted molar refractivity (Wildman–Crippen MR) is 84.5 cm³/mol. The monoisotopic (exact) mass is 390 g/mol. The maximum absolute atomic E-state index is 11.0. The summed E-state index contributed by atoms with van der Waals surface area (Å²) >= 11 is 2.92. The van der Waals surface area contributed by atoms with Crippen molar-refractivity contribution in [2.24, 2.45) is 0 Å². The molecule has 0 spiro atoms. The first-order valence-corrected chi connectivity index (χ1v) is 8.50. The van der Waals surface area contributed by atoms with Gasteiger partial charge in [-0.2, -0.15) is 22.7 Å². The second-order valence-electron chi connectivity index (χ2n) is 4.66. The summed E-state index contributed by atoms with van der Waals surface area (Å²) in [5.74, 6) is -0.781. The summed E-state index contributed by atoms with van der Waals surface area (Å²) in [5.41, 5.74) is 1.45. The number of amides is 4. The molecular formula is C14H11N2NaO6S2. The Labute approximate surface area is 173 Å². The quantitative estimate of drug-likeness (QED) is 0.652. The Morgan fingerprint density at radius 2 is 1.20 bits per heavy atom. The fourth-order valence-electron chi connectivity index (χ4n) is 2.00. The molecule has 2 atom stereocenters. The predicted octanol–water partition coefficient (Wildman–Crippen LogP) is -0.772. The number of nitrogens with one attached hydrogen (secondary N) is 2. The molecular weight excluding hydrogens is 379 g/mol. The fourth-order valence-corrected chi connectivity index (χ4v) is 3.35. The molecule has 2 fully saturated rings. The van der Waals surface area contributed by atoms with Crippen LogP contribution < -0.4 is 40.2 Å². The Bertz CT molecular complexity index is 717. The van der Waals surface area contributed by atoms with E-state index in [9.17, 15) is 19.2 Å². The van der Waals surface area contributed by atoms with E-state index in [-0.39, 0.29) is 31.0 Å². The molecule has 25 heavy (non-hydrogen) atoms. The number of imide groups is 2. The van der Waals surface area contributed by atoms with E-state index in [1.807, 2.05) is 10.8 Å². The number of thiophene rings is 2. The number of carbonyl (C=O) groups is 4. The number of carbonyl (C=O) groups excluding carboxylic acids is 4. The van der Waals surface area contributed by atoms with Gasteiger partial charge in [0.15, 0.2) is 0 Å². The van der Waals surface area contributed by atoms with Crippen LogP contribution in [-0.4, -0.2) is 24.0 Å². The zero-order chi connectivity index (χ0) is 17.1. The average Bonchev–Trinajstić information content (AvgIpc) is 3.29. The first-order chi connectivity index (χ1) is 11.5. The number of hydrogen-bond donors (Lipinski definition) is 2. The minimum absolute atomic E-state index is 0. The Balaban J connectivity index is 0.000000241. The van der Waals surface area contributed by atoms with Gasteiger partial charge in [0.1, 0.15) is 0 Å².